The number of carbonyl (C=O) groups excluding carboxylic acids is 3. The summed E-state index contributed by atoms with van der Waals surface area (Å²) in [4.78, 5) is 34.8. The Morgan fingerprint density at radius 1 is 1.11 bits per heavy atom. The second-order valence-electron chi connectivity index (χ2n) is 3.58. The van der Waals surface area contributed by atoms with Crippen LogP contribution in [0.3, 0.4) is 0 Å². The maximum absolute atomic E-state index is 11.4. The van der Waals surface area contributed by atoms with E-state index in [0.29, 0.717) is 5.02 Å². The van der Waals surface area contributed by atoms with E-state index in [1.54, 1.807) is 0 Å². The summed E-state index contributed by atoms with van der Waals surface area (Å²) >= 11 is 5.78. The van der Waals surface area contributed by atoms with Gasteiger partial charge >= 0.3 is 5.97 Å². The van der Waals surface area contributed by atoms with Crippen molar-refractivity contribution in [2.24, 2.45) is 0 Å². The molecule has 0 saturated heterocycles. The number of nitrogens with zero attached hydrogens (tertiary/aromatic N) is 1. The monoisotopic (exact) mass is 269 g/mol. The molecule has 0 aliphatic rings. The first-order valence-corrected chi connectivity index (χ1v) is 5.50. The molecular formula is C12H12ClNO4. The number of imide groups is 1. The predicted molar refractivity (Wildman–Crippen MR) is 66.6 cm³/mol. The van der Waals surface area contributed by atoms with Gasteiger partial charge in [-0.05, 0) is 12.1 Å². The Morgan fingerprint density at radius 2 is 1.67 bits per heavy atom. The molecule has 0 spiro atoms. The van der Waals surface area contributed by atoms with Crippen LogP contribution in [0, 0.1) is 0 Å². The first-order valence-electron chi connectivity index (χ1n) is 5.12. The maximum atomic E-state index is 11.4. The minimum absolute atomic E-state index is 0.0698. The van der Waals surface area contributed by atoms with Gasteiger partial charge in [-0.2, -0.15) is 0 Å². The van der Waals surface area contributed by atoms with E-state index in [1.807, 2.05) is 0 Å². The fourth-order valence-corrected chi connectivity index (χ4v) is 1.63. The number of ether oxygens (including phenoxy) is 1. The lowest BCUT2D eigenvalue weighted by molar-refractivity contribution is -0.132. The smallest absolute Gasteiger partial charge is 0.308 e. The fourth-order valence-electron chi connectivity index (χ4n) is 1.47. The molecule has 0 aromatic heterocycles. The van der Waals surface area contributed by atoms with Gasteiger partial charge in [-0.3, -0.25) is 14.4 Å². The van der Waals surface area contributed by atoms with Gasteiger partial charge in [0, 0.05) is 31.9 Å². The van der Waals surface area contributed by atoms with Gasteiger partial charge in [0.25, 0.3) is 0 Å². The third-order valence-electron chi connectivity index (χ3n) is 2.05. The molecule has 0 bridgehead atoms. The van der Waals surface area contributed by atoms with Crippen molar-refractivity contribution in [3.63, 3.8) is 0 Å². The number of amides is 2. The lowest BCUT2D eigenvalue weighted by Crippen LogP contribution is -2.33. The molecule has 0 atom stereocenters. The minimum Gasteiger partial charge on any atom is -0.424 e. The van der Waals surface area contributed by atoms with Crippen LogP contribution in [0.15, 0.2) is 18.2 Å². The van der Waals surface area contributed by atoms with Gasteiger partial charge in [-0.25, -0.2) is 4.90 Å². The van der Waals surface area contributed by atoms with E-state index in [9.17, 15) is 14.4 Å². The van der Waals surface area contributed by atoms with Crippen LogP contribution in [0.1, 0.15) is 20.8 Å². The van der Waals surface area contributed by atoms with Crippen molar-refractivity contribution in [1.29, 1.82) is 0 Å². The van der Waals surface area contributed by atoms with Crippen LogP contribution < -0.4 is 9.64 Å². The zero-order chi connectivity index (χ0) is 13.9. The molecule has 1 rings (SSSR count). The van der Waals surface area contributed by atoms with Crippen molar-refractivity contribution in [2.75, 3.05) is 4.90 Å². The van der Waals surface area contributed by atoms with E-state index >= 15 is 0 Å². The van der Waals surface area contributed by atoms with E-state index in [-0.39, 0.29) is 11.4 Å². The summed E-state index contributed by atoms with van der Waals surface area (Å²) in [5, 5.41) is 0.335. The van der Waals surface area contributed by atoms with Gasteiger partial charge in [-0.15, -0.1) is 0 Å². The third kappa shape index (κ3) is 3.30. The number of esters is 1. The molecule has 0 fully saturated rings. The number of carbonyl (C=O) groups is 3. The normalized spacial score (nSPS) is 9.78. The topological polar surface area (TPSA) is 63.7 Å². The number of hydrogen-bond acceptors (Lipinski definition) is 4. The van der Waals surface area contributed by atoms with Gasteiger partial charge in [0.05, 0.1) is 5.69 Å². The van der Waals surface area contributed by atoms with Crippen LogP contribution in [-0.2, 0) is 14.4 Å². The van der Waals surface area contributed by atoms with Crippen LogP contribution in [0.25, 0.3) is 0 Å². The summed E-state index contributed by atoms with van der Waals surface area (Å²) in [6.45, 7) is 3.71. The zero-order valence-corrected chi connectivity index (χ0v) is 10.9. The van der Waals surface area contributed by atoms with Gasteiger partial charge < -0.3 is 4.74 Å². The average molecular weight is 270 g/mol. The number of benzene rings is 1. The molecule has 0 radical (unpaired) electrons. The highest BCUT2D eigenvalue weighted by atomic mass is 35.5. The molecule has 0 saturated carbocycles. The van der Waals surface area contributed by atoms with Crippen molar-refractivity contribution >= 4 is 35.1 Å². The summed E-state index contributed by atoms with van der Waals surface area (Å²) < 4.78 is 4.94. The van der Waals surface area contributed by atoms with Gasteiger partial charge in [-0.1, -0.05) is 11.6 Å². The standard InChI is InChI=1S/C12H12ClNO4/c1-7(15)14(8(2)16)11-5-4-10(13)6-12(11)18-9(3)17/h4-6H,1-3H3. The summed E-state index contributed by atoms with van der Waals surface area (Å²) in [5.41, 5.74) is 0.189. The Morgan fingerprint density at radius 3 is 2.11 bits per heavy atom. The quantitative estimate of drug-likeness (QED) is 0.610. The largest absolute Gasteiger partial charge is 0.424 e. The van der Waals surface area contributed by atoms with Crippen LogP contribution in [-0.4, -0.2) is 17.8 Å². The van der Waals surface area contributed by atoms with Crippen LogP contribution in [0.2, 0.25) is 5.02 Å². The first kappa shape index (κ1) is 14.2. The van der Waals surface area contributed by atoms with Crippen LogP contribution >= 0.6 is 11.6 Å². The highest BCUT2D eigenvalue weighted by Crippen LogP contribution is 2.31. The summed E-state index contributed by atoms with van der Waals surface area (Å²) in [6, 6.07) is 4.32. The highest BCUT2D eigenvalue weighted by Gasteiger charge is 2.21. The minimum atomic E-state index is -0.564. The number of rotatable bonds is 2. The fraction of sp³-hybridized carbons (Fsp3) is 0.250. The Kier molecular flexibility index (Phi) is 4.44. The molecule has 5 nitrogen and oxygen atoms in total. The molecular weight excluding hydrogens is 258 g/mol. The molecule has 0 aliphatic heterocycles. The van der Waals surface area contributed by atoms with Crippen molar-refractivity contribution < 1.29 is 19.1 Å². The predicted octanol–water partition coefficient (Wildman–Crippen LogP) is 2.16. The SMILES string of the molecule is CC(=O)Oc1cc(Cl)ccc1N(C(C)=O)C(C)=O. The van der Waals surface area contributed by atoms with E-state index in [2.05, 4.69) is 0 Å². The van der Waals surface area contributed by atoms with Gasteiger partial charge in [0.15, 0.2) is 5.75 Å². The molecule has 6 heteroatoms. The third-order valence-corrected chi connectivity index (χ3v) is 2.28. The molecule has 0 aliphatic carbocycles. The molecule has 0 N–H and O–H groups in total. The van der Waals surface area contributed by atoms with Crippen LogP contribution in [0.4, 0.5) is 5.69 Å². The lowest BCUT2D eigenvalue weighted by atomic mass is 10.2. The van der Waals surface area contributed by atoms with Crippen LogP contribution in [0.5, 0.6) is 5.75 Å². The molecule has 0 unspecified atom stereocenters. The summed E-state index contributed by atoms with van der Waals surface area (Å²) in [5.74, 6) is -1.44. The van der Waals surface area contributed by atoms with Crippen molar-refractivity contribution in [3.05, 3.63) is 23.2 Å². The molecule has 18 heavy (non-hydrogen) atoms. The molecule has 96 valence electrons. The van der Waals surface area contributed by atoms with Crippen molar-refractivity contribution in [1.82, 2.24) is 0 Å². The molecule has 0 heterocycles. The van der Waals surface area contributed by atoms with Gasteiger partial charge in [0.1, 0.15) is 0 Å². The second-order valence-corrected chi connectivity index (χ2v) is 4.02. The van der Waals surface area contributed by atoms with Gasteiger partial charge in [0.2, 0.25) is 11.8 Å². The molecule has 1 aromatic carbocycles. The molecule has 1 aromatic rings. The highest BCUT2D eigenvalue weighted by molar-refractivity contribution is 6.31. The van der Waals surface area contributed by atoms with Crippen molar-refractivity contribution in [2.45, 2.75) is 20.8 Å². The number of hydrogen-bond donors (Lipinski definition) is 0. The van der Waals surface area contributed by atoms with E-state index in [0.717, 1.165) is 4.90 Å². The summed E-state index contributed by atoms with van der Waals surface area (Å²) in [7, 11) is 0. The average Bonchev–Trinajstić information content (AvgIpc) is 2.19. The first-order chi connectivity index (χ1) is 8.32. The Bertz CT molecular complexity index is 499. The Hall–Kier alpha value is -1.88. The Balaban J connectivity index is 3.32. The molecule has 2 amide bonds. The number of anilines is 1. The van der Waals surface area contributed by atoms with Crippen molar-refractivity contribution in [3.8, 4) is 5.75 Å². The zero-order valence-electron chi connectivity index (χ0n) is 10.2. The van der Waals surface area contributed by atoms with E-state index in [4.69, 9.17) is 16.3 Å². The second kappa shape index (κ2) is 5.64. The maximum Gasteiger partial charge on any atom is 0.308 e. The van der Waals surface area contributed by atoms with E-state index < -0.39 is 17.8 Å². The Labute approximate surface area is 109 Å². The lowest BCUT2D eigenvalue weighted by Gasteiger charge is -2.20. The van der Waals surface area contributed by atoms with E-state index in [1.165, 1.54) is 39.0 Å². The summed E-state index contributed by atoms with van der Waals surface area (Å²) in [6.07, 6.45) is 0. The number of halogens is 1.